The van der Waals surface area contributed by atoms with Crippen LogP contribution in [0.4, 0.5) is 17.3 Å². The molecular formula is C15H11ClN8. The molecule has 1 aliphatic heterocycles. The topological polar surface area (TPSA) is 149 Å². The van der Waals surface area contributed by atoms with E-state index in [9.17, 15) is 5.26 Å². The normalized spacial score (nSPS) is 15.3. The van der Waals surface area contributed by atoms with Crippen LogP contribution in [0.15, 0.2) is 29.3 Å². The predicted octanol–water partition coefficient (Wildman–Crippen LogP) is 1.71. The highest BCUT2D eigenvalue weighted by Crippen LogP contribution is 2.42. The number of benzene rings is 1. The van der Waals surface area contributed by atoms with Gasteiger partial charge in [0.05, 0.1) is 5.69 Å². The van der Waals surface area contributed by atoms with Crippen LogP contribution in [0, 0.1) is 22.8 Å². The molecule has 9 heteroatoms. The van der Waals surface area contributed by atoms with Gasteiger partial charge >= 0.3 is 0 Å². The highest BCUT2D eigenvalue weighted by Gasteiger charge is 2.30. The number of nitrogen functional groups attached to an aromatic ring is 2. The first-order valence-electron chi connectivity index (χ1n) is 6.80. The van der Waals surface area contributed by atoms with Gasteiger partial charge in [-0.2, -0.15) is 10.5 Å². The van der Waals surface area contributed by atoms with Gasteiger partial charge in [-0.05, 0) is 11.6 Å². The molecule has 1 aromatic heterocycles. The minimum Gasteiger partial charge on any atom is -0.397 e. The summed E-state index contributed by atoms with van der Waals surface area (Å²) in [7, 11) is 0. The van der Waals surface area contributed by atoms with Gasteiger partial charge in [-0.3, -0.25) is 5.32 Å². The van der Waals surface area contributed by atoms with Crippen molar-refractivity contribution in [3.8, 4) is 12.3 Å². The van der Waals surface area contributed by atoms with Crippen molar-refractivity contribution in [2.24, 2.45) is 4.99 Å². The van der Waals surface area contributed by atoms with Crippen molar-refractivity contribution in [1.29, 1.82) is 10.5 Å². The number of nitrogens with zero attached hydrogens (tertiary/aromatic N) is 4. The summed E-state index contributed by atoms with van der Waals surface area (Å²) in [4.78, 5) is 8.60. The lowest BCUT2D eigenvalue weighted by Gasteiger charge is -2.26. The maximum atomic E-state index is 9.26. The van der Waals surface area contributed by atoms with E-state index < -0.39 is 6.04 Å². The molecule has 1 aliphatic rings. The predicted molar refractivity (Wildman–Crippen MR) is 90.9 cm³/mol. The van der Waals surface area contributed by atoms with Crippen LogP contribution in [0.5, 0.6) is 0 Å². The van der Waals surface area contributed by atoms with Crippen molar-refractivity contribution in [2.75, 3.05) is 16.8 Å². The van der Waals surface area contributed by atoms with Gasteiger partial charge in [-0.1, -0.05) is 29.8 Å². The fourth-order valence-electron chi connectivity index (χ4n) is 2.50. The Labute approximate surface area is 142 Å². The van der Waals surface area contributed by atoms with Crippen LogP contribution in [0.2, 0.25) is 5.02 Å². The molecule has 0 saturated heterocycles. The largest absolute Gasteiger partial charge is 0.397 e. The van der Waals surface area contributed by atoms with E-state index in [1.807, 2.05) is 12.1 Å². The molecule has 0 fully saturated rings. The zero-order valence-corrected chi connectivity index (χ0v) is 13.0. The van der Waals surface area contributed by atoms with Gasteiger partial charge in [0.25, 0.3) is 0 Å². The third-order valence-electron chi connectivity index (χ3n) is 3.56. The molecule has 0 bridgehead atoms. The molecule has 6 N–H and O–H groups in total. The van der Waals surface area contributed by atoms with E-state index in [0.29, 0.717) is 22.0 Å². The second-order valence-electron chi connectivity index (χ2n) is 4.92. The Morgan fingerprint density at radius 2 is 2.00 bits per heavy atom. The van der Waals surface area contributed by atoms with Crippen LogP contribution in [0.25, 0.3) is 0 Å². The smallest absolute Gasteiger partial charge is 0.211 e. The molecule has 118 valence electrons. The molecule has 0 aliphatic carbocycles. The number of anilines is 3. The van der Waals surface area contributed by atoms with Gasteiger partial charge in [-0.25, -0.2) is 9.98 Å². The molecule has 0 radical (unpaired) electrons. The van der Waals surface area contributed by atoms with Gasteiger partial charge in [0.2, 0.25) is 5.96 Å². The lowest BCUT2D eigenvalue weighted by Crippen LogP contribution is -2.32. The standard InChI is InChI=1S/C15H11ClN8/c16-9-4-2-1-3-7(9)12-10-11(19)8(5-17)13(20)23-14(10)24-15(22-12)21-6-18/h1-4,12H,(H6,19,20,21,22,23,24). The molecule has 1 unspecified atom stereocenters. The van der Waals surface area contributed by atoms with Crippen molar-refractivity contribution in [3.05, 3.63) is 46.0 Å². The number of guanidine groups is 1. The first kappa shape index (κ1) is 15.4. The molecule has 0 saturated carbocycles. The zero-order chi connectivity index (χ0) is 17.3. The quantitative estimate of drug-likeness (QED) is 0.456. The minimum atomic E-state index is -0.633. The molecule has 2 aromatic rings. The number of hydrogen-bond donors (Lipinski definition) is 4. The van der Waals surface area contributed by atoms with E-state index in [4.69, 9.17) is 28.3 Å². The molecule has 0 amide bonds. The molecule has 1 atom stereocenters. The first-order valence-corrected chi connectivity index (χ1v) is 7.18. The summed E-state index contributed by atoms with van der Waals surface area (Å²) in [5.41, 5.74) is 13.3. The number of hydrogen-bond acceptors (Lipinski definition) is 8. The van der Waals surface area contributed by atoms with Gasteiger partial charge in [0.1, 0.15) is 29.3 Å². The molecule has 3 rings (SSSR count). The van der Waals surface area contributed by atoms with Gasteiger partial charge in [0.15, 0.2) is 6.19 Å². The summed E-state index contributed by atoms with van der Waals surface area (Å²) in [6.07, 6.45) is 1.79. The molecule has 2 heterocycles. The monoisotopic (exact) mass is 338 g/mol. The zero-order valence-electron chi connectivity index (χ0n) is 12.2. The summed E-state index contributed by atoms with van der Waals surface area (Å²) in [6, 6.07) is 8.42. The number of aromatic nitrogens is 1. The lowest BCUT2D eigenvalue weighted by atomic mass is 9.95. The first-order chi connectivity index (χ1) is 11.6. The number of nitrogens with one attached hydrogen (secondary N) is 2. The Hall–Kier alpha value is -3.49. The van der Waals surface area contributed by atoms with E-state index in [-0.39, 0.29) is 23.0 Å². The molecule has 0 spiro atoms. The van der Waals surface area contributed by atoms with E-state index in [2.05, 4.69) is 20.6 Å². The SMILES string of the molecule is N#CNC1=NC(c2ccccc2Cl)c2c(nc(N)c(C#N)c2N)N1. The van der Waals surface area contributed by atoms with E-state index in [1.54, 1.807) is 24.4 Å². The average molecular weight is 339 g/mol. The molecule has 8 nitrogen and oxygen atoms in total. The maximum Gasteiger partial charge on any atom is 0.211 e. The molecule has 24 heavy (non-hydrogen) atoms. The van der Waals surface area contributed by atoms with Crippen molar-refractivity contribution in [2.45, 2.75) is 6.04 Å². The van der Waals surface area contributed by atoms with E-state index >= 15 is 0 Å². The van der Waals surface area contributed by atoms with Gasteiger partial charge in [0, 0.05) is 10.6 Å². The minimum absolute atomic E-state index is 0.00244. The second kappa shape index (κ2) is 5.95. The number of fused-ring (bicyclic) bond motifs is 1. The second-order valence-corrected chi connectivity index (χ2v) is 5.33. The van der Waals surface area contributed by atoms with Crippen LogP contribution in [0.1, 0.15) is 22.7 Å². The number of pyridine rings is 1. The molecular weight excluding hydrogens is 328 g/mol. The van der Waals surface area contributed by atoms with Gasteiger partial charge < -0.3 is 16.8 Å². The van der Waals surface area contributed by atoms with Crippen LogP contribution in [-0.4, -0.2) is 10.9 Å². The summed E-state index contributed by atoms with van der Waals surface area (Å²) in [5, 5.41) is 23.9. The molecule has 1 aromatic carbocycles. The summed E-state index contributed by atoms with van der Waals surface area (Å²) in [6.45, 7) is 0. The van der Waals surface area contributed by atoms with Crippen LogP contribution < -0.4 is 22.1 Å². The third-order valence-corrected chi connectivity index (χ3v) is 3.90. The lowest BCUT2D eigenvalue weighted by molar-refractivity contribution is 0.847. The average Bonchev–Trinajstić information content (AvgIpc) is 2.55. The Morgan fingerprint density at radius 3 is 2.67 bits per heavy atom. The fourth-order valence-corrected chi connectivity index (χ4v) is 2.74. The summed E-state index contributed by atoms with van der Waals surface area (Å²) in [5.74, 6) is 0.505. The summed E-state index contributed by atoms with van der Waals surface area (Å²) < 4.78 is 0. The summed E-state index contributed by atoms with van der Waals surface area (Å²) >= 11 is 6.28. The third kappa shape index (κ3) is 2.41. The number of nitriles is 2. The van der Waals surface area contributed by atoms with Crippen molar-refractivity contribution < 1.29 is 0 Å². The highest BCUT2D eigenvalue weighted by atomic mass is 35.5. The highest BCUT2D eigenvalue weighted by molar-refractivity contribution is 6.31. The van der Waals surface area contributed by atoms with Crippen LogP contribution >= 0.6 is 11.6 Å². The van der Waals surface area contributed by atoms with Crippen molar-refractivity contribution in [1.82, 2.24) is 10.3 Å². The Balaban J connectivity index is 2.28. The number of halogens is 1. The maximum absolute atomic E-state index is 9.26. The number of nitrogens with two attached hydrogens (primary N) is 2. The number of rotatable bonds is 1. The van der Waals surface area contributed by atoms with Gasteiger partial charge in [-0.15, -0.1) is 0 Å². The van der Waals surface area contributed by atoms with Crippen LogP contribution in [0.3, 0.4) is 0 Å². The van der Waals surface area contributed by atoms with E-state index in [0.717, 1.165) is 0 Å². The fraction of sp³-hybridized carbons (Fsp3) is 0.0667. The van der Waals surface area contributed by atoms with Crippen LogP contribution in [-0.2, 0) is 0 Å². The van der Waals surface area contributed by atoms with Crippen molar-refractivity contribution in [3.63, 3.8) is 0 Å². The van der Waals surface area contributed by atoms with Crippen molar-refractivity contribution >= 4 is 34.9 Å². The van der Waals surface area contributed by atoms with E-state index in [1.165, 1.54) is 0 Å². The Morgan fingerprint density at radius 1 is 1.25 bits per heavy atom. The number of aliphatic imine (C=N–C) groups is 1. The Bertz CT molecular complexity index is 938. The Kier molecular flexibility index (Phi) is 3.82.